The average Bonchev–Trinajstić information content (AvgIpc) is 2.47. The molecule has 0 amide bonds. The van der Waals surface area contributed by atoms with E-state index in [-0.39, 0.29) is 11.1 Å². The molecule has 0 radical (unpaired) electrons. The second-order valence-corrected chi connectivity index (χ2v) is 4.64. The van der Waals surface area contributed by atoms with Crippen LogP contribution in [0, 0.1) is 11.3 Å². The molecule has 0 fully saturated rings. The summed E-state index contributed by atoms with van der Waals surface area (Å²) < 4.78 is 6.57. The number of aromatic nitrogens is 1. The molecule has 1 aromatic carbocycles. The highest BCUT2D eigenvalue weighted by Gasteiger charge is 2.10. The fourth-order valence-electron chi connectivity index (χ4n) is 1.94. The zero-order valence-electron chi connectivity index (χ0n) is 11.0. The Balaban J connectivity index is 2.57. The lowest BCUT2D eigenvalue weighted by atomic mass is 10.1. The highest BCUT2D eigenvalue weighted by atomic mass is 35.5. The maximum Gasteiger partial charge on any atom is 0.269 e. The van der Waals surface area contributed by atoms with Crippen LogP contribution < -0.4 is 5.56 Å². The van der Waals surface area contributed by atoms with Gasteiger partial charge in [-0.05, 0) is 29.8 Å². The molecule has 0 spiro atoms. The third-order valence-corrected chi connectivity index (χ3v) is 3.21. The van der Waals surface area contributed by atoms with Gasteiger partial charge in [-0.3, -0.25) is 4.79 Å². The predicted octanol–water partition coefficient (Wildman–Crippen LogP) is 2.69. The van der Waals surface area contributed by atoms with E-state index in [1.54, 1.807) is 29.9 Å². The molecule has 0 saturated carbocycles. The average molecular weight is 289 g/mol. The van der Waals surface area contributed by atoms with Gasteiger partial charge < -0.3 is 9.30 Å². The van der Waals surface area contributed by atoms with Crippen LogP contribution in [0.4, 0.5) is 0 Å². The van der Waals surface area contributed by atoms with Crippen molar-refractivity contribution in [1.29, 1.82) is 5.26 Å². The first-order valence-electron chi connectivity index (χ1n) is 6.06. The number of ether oxygens (including phenoxy) is 1. The lowest BCUT2D eigenvalue weighted by molar-refractivity contribution is 0.186. The third-order valence-electron chi connectivity index (χ3n) is 2.95. The van der Waals surface area contributed by atoms with Crippen LogP contribution in [0.25, 0.3) is 11.3 Å². The number of rotatable bonds is 4. The molecule has 20 heavy (non-hydrogen) atoms. The quantitative estimate of drug-likeness (QED) is 0.869. The molecule has 102 valence electrons. The van der Waals surface area contributed by atoms with Crippen LogP contribution in [-0.2, 0) is 11.3 Å². The summed E-state index contributed by atoms with van der Waals surface area (Å²) in [6, 6.07) is 12.4. The monoisotopic (exact) mass is 288 g/mol. The Morgan fingerprint density at radius 2 is 1.95 bits per heavy atom. The van der Waals surface area contributed by atoms with Crippen LogP contribution >= 0.6 is 11.6 Å². The number of hydrogen-bond donors (Lipinski definition) is 0. The number of benzene rings is 1. The summed E-state index contributed by atoms with van der Waals surface area (Å²) in [6.07, 6.45) is 0. The van der Waals surface area contributed by atoms with Crippen LogP contribution in [0.5, 0.6) is 0 Å². The van der Waals surface area contributed by atoms with Gasteiger partial charge in [0.15, 0.2) is 0 Å². The van der Waals surface area contributed by atoms with Crippen molar-refractivity contribution in [2.45, 2.75) is 6.54 Å². The largest absolute Gasteiger partial charge is 0.383 e. The highest BCUT2D eigenvalue weighted by Crippen LogP contribution is 2.20. The molecule has 0 saturated heterocycles. The summed E-state index contributed by atoms with van der Waals surface area (Å²) in [4.78, 5) is 12.2. The summed E-state index contributed by atoms with van der Waals surface area (Å²) in [6.45, 7) is 0.790. The van der Waals surface area contributed by atoms with E-state index in [1.165, 1.54) is 6.07 Å². The van der Waals surface area contributed by atoms with Gasteiger partial charge in [0.1, 0.15) is 11.6 Å². The second kappa shape index (κ2) is 6.38. The van der Waals surface area contributed by atoms with Crippen molar-refractivity contribution < 1.29 is 4.74 Å². The topological polar surface area (TPSA) is 55.0 Å². The molecule has 2 aromatic rings. The van der Waals surface area contributed by atoms with E-state index in [2.05, 4.69) is 0 Å². The Kier molecular flexibility index (Phi) is 4.57. The van der Waals surface area contributed by atoms with Crippen molar-refractivity contribution in [3.05, 3.63) is 57.3 Å². The summed E-state index contributed by atoms with van der Waals surface area (Å²) in [5.41, 5.74) is 1.42. The fourth-order valence-corrected chi connectivity index (χ4v) is 2.07. The van der Waals surface area contributed by atoms with E-state index < -0.39 is 0 Å². The maximum absolute atomic E-state index is 12.2. The van der Waals surface area contributed by atoms with Gasteiger partial charge in [0.05, 0.1) is 12.3 Å². The smallest absolute Gasteiger partial charge is 0.269 e. The van der Waals surface area contributed by atoms with Gasteiger partial charge in [-0.2, -0.15) is 5.26 Å². The van der Waals surface area contributed by atoms with Gasteiger partial charge in [-0.25, -0.2) is 0 Å². The van der Waals surface area contributed by atoms with E-state index >= 15 is 0 Å². The van der Waals surface area contributed by atoms with Crippen molar-refractivity contribution in [3.63, 3.8) is 0 Å². The van der Waals surface area contributed by atoms with Gasteiger partial charge in [-0.1, -0.05) is 23.7 Å². The standard InChI is InChI=1S/C15H13ClN2O2/c1-20-9-8-18-14(7-4-12(10-17)15(18)19)11-2-5-13(16)6-3-11/h2-7H,8-9H2,1H3. The zero-order valence-corrected chi connectivity index (χ0v) is 11.7. The molecule has 1 heterocycles. The van der Waals surface area contributed by atoms with Crippen LogP contribution in [0.3, 0.4) is 0 Å². The number of hydrogen-bond acceptors (Lipinski definition) is 3. The zero-order chi connectivity index (χ0) is 14.5. The SMILES string of the molecule is COCCn1c(-c2ccc(Cl)cc2)ccc(C#N)c1=O. The molecule has 0 unspecified atom stereocenters. The molecule has 0 N–H and O–H groups in total. The van der Waals surface area contributed by atoms with Crippen LogP contribution in [0.2, 0.25) is 5.02 Å². The van der Waals surface area contributed by atoms with Gasteiger partial charge >= 0.3 is 0 Å². The van der Waals surface area contributed by atoms with Crippen molar-refractivity contribution >= 4 is 11.6 Å². The van der Waals surface area contributed by atoms with E-state index in [1.807, 2.05) is 18.2 Å². The van der Waals surface area contributed by atoms with Crippen LogP contribution in [-0.4, -0.2) is 18.3 Å². The van der Waals surface area contributed by atoms with Crippen LogP contribution in [0.15, 0.2) is 41.2 Å². The normalized spacial score (nSPS) is 10.2. The first-order chi connectivity index (χ1) is 9.67. The van der Waals surface area contributed by atoms with Gasteiger partial charge in [0.2, 0.25) is 0 Å². The maximum atomic E-state index is 12.2. The van der Waals surface area contributed by atoms with E-state index in [0.717, 1.165) is 11.3 Å². The Morgan fingerprint density at radius 1 is 1.25 bits per heavy atom. The van der Waals surface area contributed by atoms with Crippen molar-refractivity contribution in [2.75, 3.05) is 13.7 Å². The van der Waals surface area contributed by atoms with Crippen LogP contribution in [0.1, 0.15) is 5.56 Å². The summed E-state index contributed by atoms with van der Waals surface area (Å²) in [5, 5.41) is 9.59. The first kappa shape index (κ1) is 14.3. The van der Waals surface area contributed by atoms with E-state index in [0.29, 0.717) is 18.2 Å². The molecule has 0 bridgehead atoms. The molecular formula is C15H13ClN2O2. The summed E-state index contributed by atoms with van der Waals surface area (Å²) in [5.74, 6) is 0. The minimum absolute atomic E-state index is 0.124. The molecule has 0 atom stereocenters. The third kappa shape index (κ3) is 2.90. The molecule has 0 aliphatic rings. The Bertz CT molecular complexity index is 699. The minimum Gasteiger partial charge on any atom is -0.383 e. The highest BCUT2D eigenvalue weighted by molar-refractivity contribution is 6.30. The Morgan fingerprint density at radius 3 is 2.55 bits per heavy atom. The Hall–Kier alpha value is -2.09. The molecule has 2 rings (SSSR count). The summed E-state index contributed by atoms with van der Waals surface area (Å²) >= 11 is 5.87. The molecule has 4 nitrogen and oxygen atoms in total. The fraction of sp³-hybridized carbons (Fsp3) is 0.200. The lowest BCUT2D eigenvalue weighted by Crippen LogP contribution is -2.25. The molecule has 0 aliphatic heterocycles. The summed E-state index contributed by atoms with van der Waals surface area (Å²) in [7, 11) is 1.57. The minimum atomic E-state index is -0.308. The van der Waals surface area contributed by atoms with Gasteiger partial charge in [0.25, 0.3) is 5.56 Å². The second-order valence-electron chi connectivity index (χ2n) is 4.20. The van der Waals surface area contributed by atoms with Crippen molar-refractivity contribution in [3.8, 4) is 17.3 Å². The van der Waals surface area contributed by atoms with E-state index in [9.17, 15) is 4.79 Å². The molecule has 0 aliphatic carbocycles. The van der Waals surface area contributed by atoms with Crippen molar-refractivity contribution in [2.24, 2.45) is 0 Å². The number of nitriles is 1. The number of pyridine rings is 1. The molecule has 1 aromatic heterocycles. The number of nitrogens with zero attached hydrogens (tertiary/aromatic N) is 2. The van der Waals surface area contributed by atoms with E-state index in [4.69, 9.17) is 21.6 Å². The van der Waals surface area contributed by atoms with Gasteiger partial charge in [0, 0.05) is 18.7 Å². The first-order valence-corrected chi connectivity index (χ1v) is 6.44. The number of halogens is 1. The van der Waals surface area contributed by atoms with Crippen molar-refractivity contribution in [1.82, 2.24) is 4.57 Å². The Labute approximate surface area is 121 Å². The predicted molar refractivity (Wildman–Crippen MR) is 77.7 cm³/mol. The molecular weight excluding hydrogens is 276 g/mol. The van der Waals surface area contributed by atoms with Gasteiger partial charge in [-0.15, -0.1) is 0 Å². The molecule has 5 heteroatoms. The number of methoxy groups -OCH3 is 1. The lowest BCUT2D eigenvalue weighted by Gasteiger charge is -2.13.